The van der Waals surface area contributed by atoms with Crippen LogP contribution in [-0.4, -0.2) is 47.7 Å². The van der Waals surface area contributed by atoms with Gasteiger partial charge in [0.2, 0.25) is 10.0 Å². The predicted octanol–water partition coefficient (Wildman–Crippen LogP) is 1.19. The molecule has 1 saturated heterocycles. The van der Waals surface area contributed by atoms with Crippen molar-refractivity contribution in [1.82, 2.24) is 8.87 Å². The molecule has 6 nitrogen and oxygen atoms in total. The summed E-state index contributed by atoms with van der Waals surface area (Å²) in [5.74, 6) is 0. The van der Waals surface area contributed by atoms with Gasteiger partial charge in [-0.1, -0.05) is 6.92 Å². The minimum Gasteiger partial charge on any atom is -0.390 e. The number of ether oxygens (including phenoxy) is 1. The summed E-state index contributed by atoms with van der Waals surface area (Å²) in [6.07, 6.45) is 2.40. The minimum atomic E-state index is -3.55. The van der Waals surface area contributed by atoms with Crippen molar-refractivity contribution < 1.29 is 18.3 Å². The summed E-state index contributed by atoms with van der Waals surface area (Å²) < 4.78 is 34.4. The average molecular weight is 316 g/mol. The van der Waals surface area contributed by atoms with E-state index in [1.165, 1.54) is 4.31 Å². The maximum absolute atomic E-state index is 12.8. The van der Waals surface area contributed by atoms with Gasteiger partial charge in [-0.3, -0.25) is 0 Å². The fourth-order valence-electron chi connectivity index (χ4n) is 2.59. The van der Waals surface area contributed by atoms with Gasteiger partial charge >= 0.3 is 0 Å². The molecule has 2 rings (SSSR count). The van der Waals surface area contributed by atoms with Crippen molar-refractivity contribution in [2.24, 2.45) is 0 Å². The molecule has 0 aliphatic carbocycles. The van der Waals surface area contributed by atoms with E-state index in [-0.39, 0.29) is 23.6 Å². The zero-order valence-corrected chi connectivity index (χ0v) is 13.6. The lowest BCUT2D eigenvalue weighted by Crippen LogP contribution is -2.49. The molecule has 21 heavy (non-hydrogen) atoms. The second kappa shape index (κ2) is 6.48. The molecular weight excluding hydrogens is 292 g/mol. The molecule has 2 heterocycles. The Morgan fingerprint density at radius 3 is 2.76 bits per heavy atom. The first kappa shape index (κ1) is 16.5. The summed E-state index contributed by atoms with van der Waals surface area (Å²) in [7, 11) is -3.55. The van der Waals surface area contributed by atoms with Crippen molar-refractivity contribution in [3.8, 4) is 0 Å². The van der Waals surface area contributed by atoms with Crippen LogP contribution in [0.3, 0.4) is 0 Å². The van der Waals surface area contributed by atoms with Crippen LogP contribution < -0.4 is 0 Å². The van der Waals surface area contributed by atoms with Crippen molar-refractivity contribution >= 4 is 10.0 Å². The van der Waals surface area contributed by atoms with Gasteiger partial charge in [-0.15, -0.1) is 0 Å². The van der Waals surface area contributed by atoms with E-state index in [1.54, 1.807) is 16.8 Å². The van der Waals surface area contributed by atoms with Crippen molar-refractivity contribution in [1.29, 1.82) is 0 Å². The van der Waals surface area contributed by atoms with Gasteiger partial charge in [0, 0.05) is 31.0 Å². The van der Waals surface area contributed by atoms with Crippen molar-refractivity contribution in [2.75, 3.05) is 13.2 Å². The Morgan fingerprint density at radius 2 is 2.14 bits per heavy atom. The molecule has 1 aliphatic rings. The molecular formula is C14H24N2O4S. The first-order valence-electron chi connectivity index (χ1n) is 7.33. The SMILES string of the molecule is CCCn1cc(S(=O)(=O)N2CC(C)OCC2C)cc1CO. The molecule has 2 atom stereocenters. The number of nitrogens with zero attached hydrogens (tertiary/aromatic N) is 2. The lowest BCUT2D eigenvalue weighted by molar-refractivity contribution is -0.0170. The maximum atomic E-state index is 12.8. The van der Waals surface area contributed by atoms with Crippen molar-refractivity contribution in [3.05, 3.63) is 18.0 Å². The zero-order chi connectivity index (χ0) is 15.6. The molecule has 7 heteroatoms. The first-order valence-corrected chi connectivity index (χ1v) is 8.77. The standard InChI is InChI=1S/C14H24N2O4S/c1-4-5-15-8-14(6-13(15)9-17)21(18,19)16-7-12(3)20-10-11(16)2/h6,8,11-12,17H,4-5,7,9-10H2,1-3H3. The summed E-state index contributed by atoms with van der Waals surface area (Å²) >= 11 is 0. The maximum Gasteiger partial charge on any atom is 0.245 e. The van der Waals surface area contributed by atoms with E-state index in [9.17, 15) is 13.5 Å². The van der Waals surface area contributed by atoms with Crippen LogP contribution in [0.4, 0.5) is 0 Å². The number of aromatic nitrogens is 1. The van der Waals surface area contributed by atoms with E-state index >= 15 is 0 Å². The van der Waals surface area contributed by atoms with Crippen LogP contribution in [0.5, 0.6) is 0 Å². The van der Waals surface area contributed by atoms with Crippen LogP contribution in [0.2, 0.25) is 0 Å². The molecule has 0 aromatic carbocycles. The Kier molecular flexibility index (Phi) is 5.08. The molecule has 0 bridgehead atoms. The fraction of sp³-hybridized carbons (Fsp3) is 0.714. The van der Waals surface area contributed by atoms with Gasteiger partial charge in [0.25, 0.3) is 0 Å². The van der Waals surface area contributed by atoms with Gasteiger partial charge < -0.3 is 14.4 Å². The van der Waals surface area contributed by atoms with E-state index in [4.69, 9.17) is 4.74 Å². The fourth-order valence-corrected chi connectivity index (χ4v) is 4.35. The Hall–Kier alpha value is -0.890. The highest BCUT2D eigenvalue weighted by atomic mass is 32.2. The lowest BCUT2D eigenvalue weighted by Gasteiger charge is -2.35. The summed E-state index contributed by atoms with van der Waals surface area (Å²) in [4.78, 5) is 0.251. The van der Waals surface area contributed by atoms with Gasteiger partial charge in [0.15, 0.2) is 0 Å². The topological polar surface area (TPSA) is 71.8 Å². The molecule has 0 radical (unpaired) electrons. The van der Waals surface area contributed by atoms with Crippen LogP contribution in [0.15, 0.2) is 17.2 Å². The van der Waals surface area contributed by atoms with Gasteiger partial charge in [0.05, 0.1) is 19.3 Å². The second-order valence-electron chi connectivity index (χ2n) is 5.59. The highest BCUT2D eigenvalue weighted by Gasteiger charge is 2.35. The van der Waals surface area contributed by atoms with Crippen molar-refractivity contribution in [2.45, 2.75) is 57.4 Å². The molecule has 1 aromatic heterocycles. The summed E-state index contributed by atoms with van der Waals surface area (Å²) in [5, 5.41) is 9.38. The smallest absolute Gasteiger partial charge is 0.245 e. The second-order valence-corrected chi connectivity index (χ2v) is 7.48. The number of hydrogen-bond acceptors (Lipinski definition) is 4. The number of morpholine rings is 1. The van der Waals surface area contributed by atoms with Crippen LogP contribution >= 0.6 is 0 Å². The summed E-state index contributed by atoms with van der Waals surface area (Å²) in [6, 6.07) is 1.39. The summed E-state index contributed by atoms with van der Waals surface area (Å²) in [5.41, 5.74) is 0.629. The average Bonchev–Trinajstić information content (AvgIpc) is 2.85. The van der Waals surface area contributed by atoms with Gasteiger partial charge in [-0.25, -0.2) is 8.42 Å². The number of hydrogen-bond donors (Lipinski definition) is 1. The van der Waals surface area contributed by atoms with Gasteiger partial charge in [0.1, 0.15) is 4.90 Å². The Balaban J connectivity index is 2.34. The molecule has 0 amide bonds. The Labute approximate surface area is 126 Å². The monoisotopic (exact) mass is 316 g/mol. The Morgan fingerprint density at radius 1 is 1.43 bits per heavy atom. The van der Waals surface area contributed by atoms with Crippen LogP contribution in [0.1, 0.15) is 32.9 Å². The van der Waals surface area contributed by atoms with E-state index in [0.29, 0.717) is 25.4 Å². The molecule has 2 unspecified atom stereocenters. The summed E-state index contributed by atoms with van der Waals surface area (Å²) in [6.45, 7) is 7.03. The number of aliphatic hydroxyl groups excluding tert-OH is 1. The Bertz CT molecular complexity index is 582. The normalized spacial score (nSPS) is 24.4. The van der Waals surface area contributed by atoms with E-state index in [1.807, 2.05) is 20.8 Å². The highest BCUT2D eigenvalue weighted by Crippen LogP contribution is 2.24. The minimum absolute atomic E-state index is 0.106. The van der Waals surface area contributed by atoms with Gasteiger partial charge in [-0.05, 0) is 26.3 Å². The van der Waals surface area contributed by atoms with E-state index in [2.05, 4.69) is 0 Å². The number of aryl methyl sites for hydroxylation is 1. The zero-order valence-electron chi connectivity index (χ0n) is 12.8. The van der Waals surface area contributed by atoms with Gasteiger partial charge in [-0.2, -0.15) is 4.31 Å². The lowest BCUT2D eigenvalue weighted by atomic mass is 10.2. The van der Waals surface area contributed by atoms with E-state index in [0.717, 1.165) is 6.42 Å². The largest absolute Gasteiger partial charge is 0.390 e. The predicted molar refractivity (Wildman–Crippen MR) is 79.4 cm³/mol. The number of sulfonamides is 1. The molecule has 1 fully saturated rings. The molecule has 0 spiro atoms. The molecule has 0 saturated carbocycles. The first-order chi connectivity index (χ1) is 9.90. The molecule has 120 valence electrons. The van der Waals surface area contributed by atoms with Crippen LogP contribution in [-0.2, 0) is 27.9 Å². The van der Waals surface area contributed by atoms with E-state index < -0.39 is 10.0 Å². The number of aliphatic hydroxyl groups is 1. The number of rotatable bonds is 5. The third-order valence-corrected chi connectivity index (χ3v) is 5.69. The third-order valence-electron chi connectivity index (χ3n) is 3.74. The molecule has 1 aromatic rings. The third kappa shape index (κ3) is 3.31. The van der Waals surface area contributed by atoms with Crippen molar-refractivity contribution in [3.63, 3.8) is 0 Å². The van der Waals surface area contributed by atoms with Crippen LogP contribution in [0.25, 0.3) is 0 Å². The quantitative estimate of drug-likeness (QED) is 0.886. The molecule has 1 aliphatic heterocycles. The van der Waals surface area contributed by atoms with Crippen LogP contribution in [0, 0.1) is 0 Å². The molecule has 1 N–H and O–H groups in total. The highest BCUT2D eigenvalue weighted by molar-refractivity contribution is 7.89.